The van der Waals surface area contributed by atoms with Crippen molar-refractivity contribution in [1.82, 2.24) is 9.97 Å². The number of alkyl halides is 3. The van der Waals surface area contributed by atoms with Crippen molar-refractivity contribution in [3.63, 3.8) is 0 Å². The van der Waals surface area contributed by atoms with Crippen LogP contribution in [0.15, 0.2) is 30.5 Å². The maximum Gasteiger partial charge on any atom is 0.421 e. The number of nitrogens with two attached hydrogens (primary N) is 1. The summed E-state index contributed by atoms with van der Waals surface area (Å²) in [6, 6.07) is 6.68. The fourth-order valence-corrected chi connectivity index (χ4v) is 2.23. The minimum atomic E-state index is -4.53. The van der Waals surface area contributed by atoms with Crippen LogP contribution in [0.2, 0.25) is 5.02 Å². The Labute approximate surface area is 148 Å². The van der Waals surface area contributed by atoms with Crippen LogP contribution in [0.3, 0.4) is 0 Å². The van der Waals surface area contributed by atoms with Gasteiger partial charge in [0.25, 0.3) is 0 Å². The van der Waals surface area contributed by atoms with Crippen molar-refractivity contribution in [2.75, 3.05) is 23.7 Å². The van der Waals surface area contributed by atoms with E-state index in [9.17, 15) is 13.2 Å². The van der Waals surface area contributed by atoms with Gasteiger partial charge in [-0.05, 0) is 43.7 Å². The molecule has 0 aliphatic carbocycles. The number of aromatic nitrogens is 2. The molecule has 1 aromatic heterocycles. The number of benzene rings is 1. The quantitative estimate of drug-likeness (QED) is 0.597. The van der Waals surface area contributed by atoms with Gasteiger partial charge in [-0.3, -0.25) is 0 Å². The number of nitrogens with zero attached hydrogens (tertiary/aromatic N) is 2. The summed E-state index contributed by atoms with van der Waals surface area (Å²) in [6.07, 6.45) is -1.38. The van der Waals surface area contributed by atoms with Gasteiger partial charge in [0, 0.05) is 23.5 Å². The van der Waals surface area contributed by atoms with E-state index in [1.54, 1.807) is 24.3 Å². The molecule has 0 saturated carbocycles. The normalized spacial score (nSPS) is 11.4. The smallest absolute Gasteiger partial charge is 0.369 e. The first-order valence-corrected chi connectivity index (χ1v) is 8.18. The van der Waals surface area contributed by atoms with E-state index in [2.05, 4.69) is 20.6 Å². The Kier molecular flexibility index (Phi) is 6.83. The van der Waals surface area contributed by atoms with Crippen molar-refractivity contribution in [2.24, 2.45) is 5.73 Å². The van der Waals surface area contributed by atoms with E-state index in [1.807, 2.05) is 0 Å². The van der Waals surface area contributed by atoms with Gasteiger partial charge >= 0.3 is 6.18 Å². The second-order valence-electron chi connectivity index (χ2n) is 5.36. The summed E-state index contributed by atoms with van der Waals surface area (Å²) in [5, 5.41) is 6.15. The number of hydrogen-bond acceptors (Lipinski definition) is 5. The summed E-state index contributed by atoms with van der Waals surface area (Å²) in [4.78, 5) is 7.71. The van der Waals surface area contributed by atoms with Gasteiger partial charge in [-0.1, -0.05) is 18.0 Å². The van der Waals surface area contributed by atoms with E-state index in [4.69, 9.17) is 17.3 Å². The zero-order chi connectivity index (χ0) is 18.3. The molecule has 0 amide bonds. The van der Waals surface area contributed by atoms with Gasteiger partial charge in [0.05, 0.1) is 0 Å². The van der Waals surface area contributed by atoms with Crippen molar-refractivity contribution >= 4 is 29.1 Å². The number of rotatable bonds is 8. The molecule has 1 aromatic carbocycles. The molecule has 4 N–H and O–H groups in total. The number of halogens is 4. The van der Waals surface area contributed by atoms with E-state index in [-0.39, 0.29) is 11.8 Å². The zero-order valence-electron chi connectivity index (χ0n) is 13.4. The molecule has 0 saturated heterocycles. The van der Waals surface area contributed by atoms with E-state index in [0.29, 0.717) is 30.2 Å². The van der Waals surface area contributed by atoms with Crippen molar-refractivity contribution in [3.8, 4) is 0 Å². The van der Waals surface area contributed by atoms with Crippen molar-refractivity contribution in [2.45, 2.75) is 25.4 Å². The minimum Gasteiger partial charge on any atom is -0.369 e. The van der Waals surface area contributed by atoms with Gasteiger partial charge < -0.3 is 16.4 Å². The first kappa shape index (κ1) is 19.3. The molecule has 0 bridgehead atoms. The van der Waals surface area contributed by atoms with Gasteiger partial charge in [-0.15, -0.1) is 0 Å². The third-order valence-electron chi connectivity index (χ3n) is 3.37. The lowest BCUT2D eigenvalue weighted by molar-refractivity contribution is -0.137. The van der Waals surface area contributed by atoms with Crippen LogP contribution in [-0.4, -0.2) is 23.1 Å². The maximum absolute atomic E-state index is 13.1. The molecule has 5 nitrogen and oxygen atoms in total. The van der Waals surface area contributed by atoms with Gasteiger partial charge in [-0.2, -0.15) is 18.2 Å². The van der Waals surface area contributed by atoms with E-state index in [0.717, 1.165) is 19.0 Å². The largest absolute Gasteiger partial charge is 0.421 e. The summed E-state index contributed by atoms with van der Waals surface area (Å²) >= 11 is 5.80. The van der Waals surface area contributed by atoms with Gasteiger partial charge in [0.1, 0.15) is 11.4 Å². The molecular weight excluding hydrogens is 355 g/mol. The lowest BCUT2D eigenvalue weighted by Crippen LogP contribution is -2.15. The summed E-state index contributed by atoms with van der Waals surface area (Å²) in [6.45, 7) is 0.941. The number of nitrogens with one attached hydrogen (secondary N) is 2. The highest BCUT2D eigenvalue weighted by Gasteiger charge is 2.35. The van der Waals surface area contributed by atoms with E-state index < -0.39 is 11.7 Å². The zero-order valence-corrected chi connectivity index (χ0v) is 14.2. The molecular formula is C16H19ClF3N5. The molecule has 0 unspecified atom stereocenters. The molecule has 2 aromatic rings. The van der Waals surface area contributed by atoms with Crippen LogP contribution in [0.1, 0.15) is 24.8 Å². The summed E-state index contributed by atoms with van der Waals surface area (Å²) in [7, 11) is 0. The Morgan fingerprint density at radius 2 is 1.80 bits per heavy atom. The maximum atomic E-state index is 13.1. The lowest BCUT2D eigenvalue weighted by Gasteiger charge is -2.15. The Balaban J connectivity index is 2.13. The number of unbranched alkanes of at least 4 members (excludes halogenated alkanes) is 2. The minimum absolute atomic E-state index is 0.0692. The molecule has 25 heavy (non-hydrogen) atoms. The lowest BCUT2D eigenvalue weighted by atomic mass is 10.2. The molecule has 136 valence electrons. The fourth-order valence-electron chi connectivity index (χ4n) is 2.10. The highest BCUT2D eigenvalue weighted by atomic mass is 35.5. The Morgan fingerprint density at radius 1 is 1.08 bits per heavy atom. The first-order chi connectivity index (χ1) is 11.9. The molecule has 0 fully saturated rings. The van der Waals surface area contributed by atoms with Crippen LogP contribution < -0.4 is 16.4 Å². The summed E-state index contributed by atoms with van der Waals surface area (Å²) < 4.78 is 39.3. The second kappa shape index (κ2) is 8.87. The Hall–Kier alpha value is -2.06. The molecule has 1 heterocycles. The van der Waals surface area contributed by atoms with Crippen LogP contribution in [0.5, 0.6) is 0 Å². The average molecular weight is 374 g/mol. The fraction of sp³-hybridized carbons (Fsp3) is 0.375. The molecule has 0 spiro atoms. The van der Waals surface area contributed by atoms with Crippen molar-refractivity contribution < 1.29 is 13.2 Å². The van der Waals surface area contributed by atoms with Crippen LogP contribution >= 0.6 is 11.6 Å². The highest BCUT2D eigenvalue weighted by molar-refractivity contribution is 6.30. The Morgan fingerprint density at radius 3 is 2.44 bits per heavy atom. The first-order valence-electron chi connectivity index (χ1n) is 7.81. The molecule has 0 radical (unpaired) electrons. The van der Waals surface area contributed by atoms with Crippen LogP contribution in [0.25, 0.3) is 0 Å². The van der Waals surface area contributed by atoms with Gasteiger partial charge in [0.2, 0.25) is 5.95 Å². The average Bonchev–Trinajstić information content (AvgIpc) is 2.56. The summed E-state index contributed by atoms with van der Waals surface area (Å²) in [5.41, 5.74) is 5.13. The second-order valence-corrected chi connectivity index (χ2v) is 5.80. The van der Waals surface area contributed by atoms with Crippen LogP contribution in [0.4, 0.5) is 30.6 Å². The standard InChI is InChI=1S/C16H19ClF3N5/c17-11-4-6-12(7-5-11)24-15-23-10-13(16(18,19)20)14(25-15)22-9-3-1-2-8-21/h4-7,10H,1-3,8-9,21H2,(H2,22,23,24,25). The highest BCUT2D eigenvalue weighted by Crippen LogP contribution is 2.34. The SMILES string of the molecule is NCCCCCNc1nc(Nc2ccc(Cl)cc2)ncc1C(F)(F)F. The van der Waals surface area contributed by atoms with Gasteiger partial charge in [0.15, 0.2) is 0 Å². The summed E-state index contributed by atoms with van der Waals surface area (Å²) in [5.74, 6) is -0.175. The van der Waals surface area contributed by atoms with E-state index >= 15 is 0 Å². The Bertz CT molecular complexity index is 676. The van der Waals surface area contributed by atoms with Crippen LogP contribution in [0, 0.1) is 0 Å². The molecule has 2 rings (SSSR count). The third-order valence-corrected chi connectivity index (χ3v) is 3.62. The van der Waals surface area contributed by atoms with E-state index in [1.165, 1.54) is 0 Å². The molecule has 0 aliphatic heterocycles. The van der Waals surface area contributed by atoms with Gasteiger partial charge in [-0.25, -0.2) is 4.98 Å². The van der Waals surface area contributed by atoms with Crippen LogP contribution in [-0.2, 0) is 6.18 Å². The topological polar surface area (TPSA) is 75.9 Å². The molecule has 9 heteroatoms. The number of anilines is 3. The van der Waals surface area contributed by atoms with Crippen molar-refractivity contribution in [3.05, 3.63) is 41.0 Å². The predicted molar refractivity (Wildman–Crippen MR) is 93.2 cm³/mol. The predicted octanol–water partition coefficient (Wildman–Crippen LogP) is 4.43. The van der Waals surface area contributed by atoms with Crippen molar-refractivity contribution in [1.29, 1.82) is 0 Å². The third kappa shape index (κ3) is 6.06. The monoisotopic (exact) mass is 373 g/mol. The molecule has 0 atom stereocenters. The number of hydrogen-bond donors (Lipinski definition) is 3. The molecule has 0 aliphatic rings.